The van der Waals surface area contributed by atoms with E-state index in [9.17, 15) is 15.0 Å². The molecule has 1 aromatic rings. The van der Waals surface area contributed by atoms with Crippen LogP contribution in [0.15, 0.2) is 18.3 Å². The first-order valence-corrected chi connectivity index (χ1v) is 4.31. The van der Waals surface area contributed by atoms with Crippen LogP contribution in [-0.4, -0.2) is 38.9 Å². The van der Waals surface area contributed by atoms with Gasteiger partial charge in [0.05, 0.1) is 17.4 Å². The molecule has 0 aliphatic carbocycles. The van der Waals surface area contributed by atoms with Crippen molar-refractivity contribution in [1.29, 1.82) is 0 Å². The Labute approximate surface area is 86.0 Å². The predicted molar refractivity (Wildman–Crippen MR) is 51.2 cm³/mol. The Morgan fingerprint density at radius 3 is 2.53 bits per heavy atom. The van der Waals surface area contributed by atoms with Crippen molar-refractivity contribution in [2.24, 2.45) is 5.73 Å². The fourth-order valence-corrected chi connectivity index (χ4v) is 1.03. The van der Waals surface area contributed by atoms with Crippen LogP contribution >= 0.6 is 0 Å². The highest BCUT2D eigenvalue weighted by Gasteiger charge is 2.18. The number of hydrogen-bond acceptors (Lipinski definition) is 5. The van der Waals surface area contributed by atoms with E-state index in [0.29, 0.717) is 0 Å². The van der Waals surface area contributed by atoms with Crippen molar-refractivity contribution in [1.82, 2.24) is 4.98 Å². The van der Waals surface area contributed by atoms with Crippen molar-refractivity contribution in [3.8, 4) is 0 Å². The minimum Gasteiger partial charge on any atom is -0.478 e. The maximum atomic E-state index is 10.5. The van der Waals surface area contributed by atoms with Gasteiger partial charge in [0.25, 0.3) is 0 Å². The zero-order valence-corrected chi connectivity index (χ0v) is 7.87. The molecule has 1 rings (SSSR count). The lowest BCUT2D eigenvalue weighted by Crippen LogP contribution is -2.27. The number of nitrogens with zero attached hydrogens (tertiary/aromatic N) is 1. The Morgan fingerprint density at radius 2 is 2.13 bits per heavy atom. The molecule has 15 heavy (non-hydrogen) atoms. The molecule has 0 aliphatic rings. The Hall–Kier alpha value is -1.50. The molecule has 0 aromatic carbocycles. The molecule has 0 spiro atoms. The van der Waals surface area contributed by atoms with Crippen molar-refractivity contribution in [2.75, 3.05) is 6.54 Å². The number of aromatic carboxylic acids is 1. The smallest absolute Gasteiger partial charge is 0.337 e. The summed E-state index contributed by atoms with van der Waals surface area (Å²) in [4.78, 5) is 14.2. The topological polar surface area (TPSA) is 117 Å². The summed E-state index contributed by atoms with van der Waals surface area (Å²) in [5.74, 6) is -1.09. The minimum absolute atomic E-state index is 0.0215. The number of aliphatic hydroxyl groups excluding tert-OH is 2. The monoisotopic (exact) mass is 212 g/mol. The van der Waals surface area contributed by atoms with E-state index in [4.69, 9.17) is 10.8 Å². The summed E-state index contributed by atoms with van der Waals surface area (Å²) in [6, 6.07) is 2.64. The number of carboxylic acid groups (broad SMARTS) is 1. The highest BCUT2D eigenvalue weighted by molar-refractivity contribution is 5.87. The van der Waals surface area contributed by atoms with E-state index < -0.39 is 18.2 Å². The van der Waals surface area contributed by atoms with E-state index in [-0.39, 0.29) is 17.8 Å². The van der Waals surface area contributed by atoms with Gasteiger partial charge in [-0.15, -0.1) is 0 Å². The third-order valence-corrected chi connectivity index (χ3v) is 1.94. The van der Waals surface area contributed by atoms with Gasteiger partial charge in [0, 0.05) is 12.7 Å². The van der Waals surface area contributed by atoms with Gasteiger partial charge < -0.3 is 21.1 Å². The van der Waals surface area contributed by atoms with Gasteiger partial charge in [-0.2, -0.15) is 0 Å². The maximum absolute atomic E-state index is 10.5. The van der Waals surface area contributed by atoms with Gasteiger partial charge in [0.15, 0.2) is 0 Å². The van der Waals surface area contributed by atoms with Gasteiger partial charge in [-0.25, -0.2) is 4.79 Å². The largest absolute Gasteiger partial charge is 0.478 e. The lowest BCUT2D eigenvalue weighted by atomic mass is 10.1. The van der Waals surface area contributed by atoms with Crippen LogP contribution in [0.3, 0.4) is 0 Å². The first-order valence-electron chi connectivity index (χ1n) is 4.31. The molecule has 6 nitrogen and oxygen atoms in total. The Kier molecular flexibility index (Phi) is 3.73. The van der Waals surface area contributed by atoms with Gasteiger partial charge in [0.1, 0.15) is 6.10 Å². The number of carbonyl (C=O) groups is 1. The van der Waals surface area contributed by atoms with Gasteiger partial charge in [-0.3, -0.25) is 4.98 Å². The van der Waals surface area contributed by atoms with Crippen molar-refractivity contribution in [3.63, 3.8) is 0 Å². The second-order valence-corrected chi connectivity index (χ2v) is 3.02. The minimum atomic E-state index is -1.20. The molecule has 0 fully saturated rings. The van der Waals surface area contributed by atoms with Crippen molar-refractivity contribution in [3.05, 3.63) is 29.6 Å². The van der Waals surface area contributed by atoms with Gasteiger partial charge in [-0.05, 0) is 12.1 Å². The quantitative estimate of drug-likeness (QED) is 0.515. The van der Waals surface area contributed by atoms with Crippen molar-refractivity contribution >= 4 is 5.97 Å². The molecule has 2 unspecified atom stereocenters. The van der Waals surface area contributed by atoms with Crippen molar-refractivity contribution < 1.29 is 20.1 Å². The number of carboxylic acids is 1. The van der Waals surface area contributed by atoms with Crippen LogP contribution in [0.1, 0.15) is 22.2 Å². The molecule has 0 saturated heterocycles. The molecule has 0 saturated carbocycles. The molecule has 82 valence electrons. The number of nitrogens with two attached hydrogens (primary N) is 1. The second kappa shape index (κ2) is 4.83. The SMILES string of the molecule is NCC(O)C(O)c1ccc(C(=O)O)cn1. The van der Waals surface area contributed by atoms with E-state index in [0.717, 1.165) is 6.20 Å². The van der Waals surface area contributed by atoms with Crippen LogP contribution < -0.4 is 5.73 Å². The van der Waals surface area contributed by atoms with E-state index >= 15 is 0 Å². The summed E-state index contributed by atoms with van der Waals surface area (Å²) in [5.41, 5.74) is 5.37. The highest BCUT2D eigenvalue weighted by Crippen LogP contribution is 2.14. The average Bonchev–Trinajstić information content (AvgIpc) is 2.27. The molecular weight excluding hydrogens is 200 g/mol. The molecule has 2 atom stereocenters. The summed E-state index contributed by atoms with van der Waals surface area (Å²) >= 11 is 0. The van der Waals surface area contributed by atoms with Crippen LogP contribution in [0.4, 0.5) is 0 Å². The molecule has 0 radical (unpaired) electrons. The number of pyridine rings is 1. The third-order valence-electron chi connectivity index (χ3n) is 1.94. The maximum Gasteiger partial charge on any atom is 0.337 e. The first kappa shape index (κ1) is 11.6. The van der Waals surface area contributed by atoms with Crippen LogP contribution in [0, 0.1) is 0 Å². The van der Waals surface area contributed by atoms with Gasteiger partial charge in [-0.1, -0.05) is 0 Å². The average molecular weight is 212 g/mol. The second-order valence-electron chi connectivity index (χ2n) is 3.02. The van der Waals surface area contributed by atoms with E-state index in [1.54, 1.807) is 0 Å². The number of aromatic nitrogens is 1. The fourth-order valence-electron chi connectivity index (χ4n) is 1.03. The van der Waals surface area contributed by atoms with E-state index in [2.05, 4.69) is 4.98 Å². The molecule has 0 bridgehead atoms. The summed E-state index contributed by atoms with van der Waals surface area (Å²) in [6.45, 7) is -0.0937. The Morgan fingerprint density at radius 1 is 1.47 bits per heavy atom. The molecule has 5 N–H and O–H groups in total. The first-order chi connectivity index (χ1) is 7.06. The molecule has 6 heteroatoms. The molecule has 1 aromatic heterocycles. The highest BCUT2D eigenvalue weighted by atomic mass is 16.4. The zero-order valence-electron chi connectivity index (χ0n) is 7.87. The molecular formula is C9H12N2O4. The molecule has 0 aliphatic heterocycles. The third kappa shape index (κ3) is 2.72. The standard InChI is InChI=1S/C9H12N2O4/c10-3-7(12)8(13)6-2-1-5(4-11-6)9(14)15/h1-2,4,7-8,12-13H,3,10H2,(H,14,15). The van der Waals surface area contributed by atoms with Crippen LogP contribution in [0.5, 0.6) is 0 Å². The predicted octanol–water partition coefficient (Wildman–Crippen LogP) is -0.867. The number of hydrogen-bond donors (Lipinski definition) is 4. The van der Waals surface area contributed by atoms with Crippen LogP contribution in [0.25, 0.3) is 0 Å². The number of aliphatic hydroxyl groups is 2. The normalized spacial score (nSPS) is 14.6. The van der Waals surface area contributed by atoms with Gasteiger partial charge in [0.2, 0.25) is 0 Å². The lowest BCUT2D eigenvalue weighted by molar-refractivity contribution is 0.0217. The van der Waals surface area contributed by atoms with E-state index in [1.807, 2.05) is 0 Å². The Balaban J connectivity index is 2.84. The number of rotatable bonds is 4. The molecule has 0 amide bonds. The zero-order chi connectivity index (χ0) is 11.4. The molecule has 1 heterocycles. The van der Waals surface area contributed by atoms with Gasteiger partial charge >= 0.3 is 5.97 Å². The lowest BCUT2D eigenvalue weighted by Gasteiger charge is -2.15. The van der Waals surface area contributed by atoms with E-state index in [1.165, 1.54) is 12.1 Å². The fraction of sp³-hybridized carbons (Fsp3) is 0.333. The summed E-state index contributed by atoms with van der Waals surface area (Å²) in [7, 11) is 0. The van der Waals surface area contributed by atoms with Crippen LogP contribution in [-0.2, 0) is 0 Å². The van der Waals surface area contributed by atoms with Crippen LogP contribution in [0.2, 0.25) is 0 Å². The summed E-state index contributed by atoms with van der Waals surface area (Å²) in [6.07, 6.45) is -1.18. The van der Waals surface area contributed by atoms with Crippen molar-refractivity contribution in [2.45, 2.75) is 12.2 Å². The summed E-state index contributed by atoms with van der Waals surface area (Å²) in [5, 5.41) is 27.3. The summed E-state index contributed by atoms with van der Waals surface area (Å²) < 4.78 is 0. The Bertz CT molecular complexity index is 338.